The van der Waals surface area contributed by atoms with Crippen LogP contribution in [0.4, 0.5) is 11.4 Å². The molecule has 0 radical (unpaired) electrons. The molecule has 8 rings (SSSR count). The Kier molecular flexibility index (Phi) is 5.48. The molecule has 3 heterocycles. The second-order valence-electron chi connectivity index (χ2n) is 10.4. The lowest BCUT2D eigenvalue weighted by Crippen LogP contribution is -2.32. The van der Waals surface area contributed by atoms with Crippen LogP contribution < -0.4 is 9.64 Å². The molecule has 5 aromatic carbocycles. The lowest BCUT2D eigenvalue weighted by Gasteiger charge is -2.38. The lowest BCUT2D eigenvalue weighted by atomic mass is 9.77. The van der Waals surface area contributed by atoms with E-state index in [1.807, 2.05) is 6.07 Å². The summed E-state index contributed by atoms with van der Waals surface area (Å²) in [5, 5.41) is 2.22. The molecule has 0 fully saturated rings. The standard InChI is InChI=1S/C33H23NO2.C3H8/c1-21-25-10-5-6-12-27(25)33(36-21)28-17-15-24(34-19-18-23-9-3-7-13-30(23)34)20-31(28)35-32-26-11-4-2-8-22(26)14-16-29(32)33;1-3-2/h2-17,20H,1,18-19H2;3H2,1-2H3. The summed E-state index contributed by atoms with van der Waals surface area (Å²) in [5.74, 6) is 2.37. The molecule has 0 aliphatic carbocycles. The van der Waals surface area contributed by atoms with E-state index in [1.54, 1.807) is 0 Å². The van der Waals surface area contributed by atoms with Crippen molar-refractivity contribution >= 4 is 27.9 Å². The van der Waals surface area contributed by atoms with Gasteiger partial charge in [-0.05, 0) is 41.6 Å². The van der Waals surface area contributed by atoms with Gasteiger partial charge in [-0.15, -0.1) is 0 Å². The highest BCUT2D eigenvalue weighted by Gasteiger charge is 2.52. The number of benzene rings is 5. The van der Waals surface area contributed by atoms with Gasteiger partial charge in [-0.1, -0.05) is 99.6 Å². The van der Waals surface area contributed by atoms with E-state index in [0.717, 1.165) is 63.2 Å². The SMILES string of the molecule is C=C1OC2(c3ccc(N4CCc5ccccc54)cc3Oc3c2ccc2ccccc32)c2ccccc21.CCC. The van der Waals surface area contributed by atoms with Crippen LogP contribution in [0.25, 0.3) is 16.5 Å². The van der Waals surface area contributed by atoms with E-state index in [2.05, 4.69) is 122 Å². The van der Waals surface area contributed by atoms with Gasteiger partial charge in [0.15, 0.2) is 5.60 Å². The van der Waals surface area contributed by atoms with Crippen molar-refractivity contribution in [1.82, 2.24) is 0 Å². The van der Waals surface area contributed by atoms with Crippen LogP contribution in [0.15, 0.2) is 110 Å². The lowest BCUT2D eigenvalue weighted by molar-refractivity contribution is 0.126. The second-order valence-corrected chi connectivity index (χ2v) is 10.4. The Morgan fingerprint density at radius 3 is 2.44 bits per heavy atom. The van der Waals surface area contributed by atoms with Gasteiger partial charge in [0.05, 0.1) is 0 Å². The molecule has 1 atom stereocenters. The normalized spacial score (nSPS) is 17.9. The first kappa shape index (κ1) is 23.6. The van der Waals surface area contributed by atoms with E-state index < -0.39 is 5.60 Å². The summed E-state index contributed by atoms with van der Waals surface area (Å²) in [7, 11) is 0. The Hall–Kier alpha value is -4.50. The zero-order valence-electron chi connectivity index (χ0n) is 22.4. The highest BCUT2D eigenvalue weighted by molar-refractivity contribution is 5.92. The molecule has 3 aliphatic rings. The number of hydrogen-bond acceptors (Lipinski definition) is 3. The smallest absolute Gasteiger partial charge is 0.192 e. The molecule has 0 N–H and O–H groups in total. The first-order valence-corrected chi connectivity index (χ1v) is 13.8. The van der Waals surface area contributed by atoms with Gasteiger partial charge in [-0.2, -0.15) is 0 Å². The summed E-state index contributed by atoms with van der Waals surface area (Å²) in [6, 6.07) is 36.3. The van der Waals surface area contributed by atoms with E-state index in [4.69, 9.17) is 9.47 Å². The first-order chi connectivity index (χ1) is 19.2. The number of rotatable bonds is 1. The molecule has 0 amide bonds. The molecule has 5 aromatic rings. The number of hydrogen-bond donors (Lipinski definition) is 0. The van der Waals surface area contributed by atoms with Crippen molar-refractivity contribution in [2.75, 3.05) is 11.4 Å². The van der Waals surface area contributed by atoms with Crippen molar-refractivity contribution in [1.29, 1.82) is 0 Å². The van der Waals surface area contributed by atoms with Gasteiger partial charge < -0.3 is 14.4 Å². The fraction of sp³-hybridized carbons (Fsp3) is 0.167. The van der Waals surface area contributed by atoms with Gasteiger partial charge >= 0.3 is 0 Å². The van der Waals surface area contributed by atoms with Crippen LogP contribution in [-0.4, -0.2) is 6.54 Å². The highest BCUT2D eigenvalue weighted by atomic mass is 16.5. The second kappa shape index (κ2) is 9.06. The first-order valence-electron chi connectivity index (χ1n) is 13.8. The molecule has 3 aliphatic heterocycles. The van der Waals surface area contributed by atoms with Crippen molar-refractivity contribution in [3.8, 4) is 11.5 Å². The number of para-hydroxylation sites is 1. The van der Waals surface area contributed by atoms with Crippen molar-refractivity contribution in [2.24, 2.45) is 0 Å². The zero-order chi connectivity index (χ0) is 26.6. The third-order valence-corrected chi connectivity index (χ3v) is 7.90. The Morgan fingerprint density at radius 1 is 0.795 bits per heavy atom. The number of fused-ring (bicyclic) bond motifs is 9. The van der Waals surface area contributed by atoms with Gasteiger partial charge in [0.2, 0.25) is 0 Å². The Labute approximate surface area is 229 Å². The van der Waals surface area contributed by atoms with Crippen molar-refractivity contribution in [3.05, 3.63) is 138 Å². The Balaban J connectivity index is 0.000000809. The topological polar surface area (TPSA) is 21.7 Å². The molecule has 39 heavy (non-hydrogen) atoms. The Morgan fingerprint density at radius 2 is 1.54 bits per heavy atom. The van der Waals surface area contributed by atoms with E-state index in [-0.39, 0.29) is 0 Å². The van der Waals surface area contributed by atoms with Crippen LogP contribution in [0, 0.1) is 0 Å². The maximum absolute atomic E-state index is 6.80. The van der Waals surface area contributed by atoms with Crippen LogP contribution >= 0.6 is 0 Å². The number of nitrogens with zero attached hydrogens (tertiary/aromatic N) is 1. The molecule has 0 aromatic heterocycles. The maximum Gasteiger partial charge on any atom is 0.192 e. The van der Waals surface area contributed by atoms with Gasteiger partial charge in [0, 0.05) is 51.6 Å². The summed E-state index contributed by atoms with van der Waals surface area (Å²) in [5.41, 5.74) is 7.15. The molecule has 1 unspecified atom stereocenters. The predicted octanol–water partition coefficient (Wildman–Crippen LogP) is 9.35. The van der Waals surface area contributed by atoms with Crippen molar-refractivity contribution < 1.29 is 9.47 Å². The minimum absolute atomic E-state index is 0.690. The third kappa shape index (κ3) is 3.43. The van der Waals surface area contributed by atoms with Crippen LogP contribution in [0.5, 0.6) is 11.5 Å². The minimum Gasteiger partial charge on any atom is -0.473 e. The number of ether oxygens (including phenoxy) is 2. The van der Waals surface area contributed by atoms with Crippen LogP contribution in [0.2, 0.25) is 0 Å². The van der Waals surface area contributed by atoms with E-state index >= 15 is 0 Å². The fourth-order valence-corrected chi connectivity index (χ4v) is 6.27. The summed E-state index contributed by atoms with van der Waals surface area (Å²) in [6.45, 7) is 9.49. The predicted molar refractivity (Wildman–Crippen MR) is 160 cm³/mol. The average Bonchev–Trinajstić information content (AvgIpc) is 3.53. The molecule has 3 nitrogen and oxygen atoms in total. The molecule has 192 valence electrons. The fourth-order valence-electron chi connectivity index (χ4n) is 6.27. The quantitative estimate of drug-likeness (QED) is 0.225. The van der Waals surface area contributed by atoms with E-state index in [1.165, 1.54) is 17.7 Å². The average molecular weight is 510 g/mol. The van der Waals surface area contributed by atoms with Gasteiger partial charge in [0.1, 0.15) is 17.3 Å². The van der Waals surface area contributed by atoms with Crippen LogP contribution in [-0.2, 0) is 16.8 Å². The molecule has 0 saturated carbocycles. The van der Waals surface area contributed by atoms with E-state index in [0.29, 0.717) is 5.76 Å². The molecular formula is C36H31NO2. The molecule has 3 heteroatoms. The summed E-state index contributed by atoms with van der Waals surface area (Å²) < 4.78 is 13.6. The van der Waals surface area contributed by atoms with Crippen LogP contribution in [0.1, 0.15) is 48.1 Å². The summed E-state index contributed by atoms with van der Waals surface area (Å²) >= 11 is 0. The molecule has 0 saturated heterocycles. The highest BCUT2D eigenvalue weighted by Crippen LogP contribution is 2.60. The van der Waals surface area contributed by atoms with Gasteiger partial charge in [0.25, 0.3) is 0 Å². The summed E-state index contributed by atoms with van der Waals surface area (Å²) in [4.78, 5) is 2.38. The van der Waals surface area contributed by atoms with Gasteiger partial charge in [-0.25, -0.2) is 0 Å². The number of anilines is 2. The van der Waals surface area contributed by atoms with Crippen molar-refractivity contribution in [3.63, 3.8) is 0 Å². The Bertz CT molecular complexity index is 1750. The molecule has 1 spiro atoms. The molecular weight excluding hydrogens is 478 g/mol. The minimum atomic E-state index is -0.804. The van der Waals surface area contributed by atoms with Gasteiger partial charge in [-0.3, -0.25) is 0 Å². The largest absolute Gasteiger partial charge is 0.473 e. The van der Waals surface area contributed by atoms with Crippen molar-refractivity contribution in [2.45, 2.75) is 32.3 Å². The van der Waals surface area contributed by atoms with E-state index in [9.17, 15) is 0 Å². The zero-order valence-corrected chi connectivity index (χ0v) is 22.4. The monoisotopic (exact) mass is 509 g/mol. The summed E-state index contributed by atoms with van der Waals surface area (Å²) in [6.07, 6.45) is 2.29. The van der Waals surface area contributed by atoms with Crippen LogP contribution in [0.3, 0.4) is 0 Å². The third-order valence-electron chi connectivity index (χ3n) is 7.90. The molecule has 0 bridgehead atoms. The maximum atomic E-state index is 6.80.